The van der Waals surface area contributed by atoms with Gasteiger partial charge in [-0.2, -0.15) is 14.9 Å². The third-order valence-electron chi connectivity index (χ3n) is 2.38. The summed E-state index contributed by atoms with van der Waals surface area (Å²) in [6.45, 7) is 4.08. The summed E-state index contributed by atoms with van der Waals surface area (Å²) in [4.78, 5) is 0. The van der Waals surface area contributed by atoms with E-state index < -0.39 is 0 Å². The number of aromatic nitrogens is 3. The summed E-state index contributed by atoms with van der Waals surface area (Å²) in [7, 11) is 0. The topological polar surface area (TPSA) is 46.0 Å². The van der Waals surface area contributed by atoms with E-state index in [1.165, 1.54) is 0 Å². The first-order valence-corrected chi connectivity index (χ1v) is 6.34. The molecule has 1 aromatic carbocycles. The van der Waals surface area contributed by atoms with E-state index in [0.29, 0.717) is 9.79 Å². The molecule has 0 bridgehead atoms. The molecule has 0 atom stereocenters. The van der Waals surface area contributed by atoms with Crippen LogP contribution in [0.3, 0.4) is 0 Å². The van der Waals surface area contributed by atoms with Crippen molar-refractivity contribution < 1.29 is 0 Å². The van der Waals surface area contributed by atoms with E-state index in [2.05, 4.69) is 15.3 Å². The third kappa shape index (κ3) is 2.86. The number of nitrogens with zero attached hydrogens (tertiary/aromatic N) is 3. The van der Waals surface area contributed by atoms with Gasteiger partial charge in [0.1, 0.15) is 0 Å². The molecule has 1 aromatic heterocycles. The summed E-state index contributed by atoms with van der Waals surface area (Å²) in [5, 5.41) is 11.9. The smallest absolute Gasteiger partial charge is 0.216 e. The van der Waals surface area contributed by atoms with E-state index >= 15 is 0 Å². The molecule has 1 N–H and O–H groups in total. The van der Waals surface area contributed by atoms with Gasteiger partial charge >= 0.3 is 0 Å². The minimum absolute atomic E-state index is 0.250. The second-order valence-corrected chi connectivity index (χ2v) is 4.97. The van der Waals surface area contributed by atoms with Crippen LogP contribution in [0.25, 0.3) is 0 Å². The first kappa shape index (κ1) is 13.0. The maximum Gasteiger partial charge on any atom is 0.216 e. The summed E-state index contributed by atoms with van der Waals surface area (Å²) in [5.41, 5.74) is 0.956. The highest BCUT2D eigenvalue weighted by Crippen LogP contribution is 2.12. The maximum atomic E-state index is 5.82. The van der Waals surface area contributed by atoms with Crippen LogP contribution in [0, 0.1) is 4.77 Å². The lowest BCUT2D eigenvalue weighted by Gasteiger charge is -2.02. The van der Waals surface area contributed by atoms with Crippen LogP contribution in [0.1, 0.15) is 31.2 Å². The Morgan fingerprint density at radius 1 is 1.39 bits per heavy atom. The van der Waals surface area contributed by atoms with Crippen LogP contribution in [0.2, 0.25) is 5.02 Å². The summed E-state index contributed by atoms with van der Waals surface area (Å²) in [6.07, 6.45) is 1.73. The number of benzene rings is 1. The van der Waals surface area contributed by atoms with Gasteiger partial charge in [-0.25, -0.2) is 0 Å². The summed E-state index contributed by atoms with van der Waals surface area (Å²) in [5.74, 6) is 1.06. The molecule has 0 amide bonds. The van der Waals surface area contributed by atoms with Crippen molar-refractivity contribution in [3.8, 4) is 0 Å². The molecule has 0 fully saturated rings. The lowest BCUT2D eigenvalue weighted by molar-refractivity contribution is 0.695. The zero-order chi connectivity index (χ0) is 13.1. The quantitative estimate of drug-likeness (QED) is 0.690. The number of aromatic amines is 1. The Bertz CT molecular complexity index is 610. The number of halogens is 1. The monoisotopic (exact) mass is 280 g/mol. The van der Waals surface area contributed by atoms with Gasteiger partial charge in [0.2, 0.25) is 4.77 Å². The standard InChI is InChI=1S/C12H13ClN4S/c1-8(2)11-15-16-12(18)17(11)14-7-9-3-5-10(13)6-4-9/h3-8H,1-2H3,(H,16,18)/b14-7-. The van der Waals surface area contributed by atoms with E-state index in [9.17, 15) is 0 Å². The van der Waals surface area contributed by atoms with Crippen molar-refractivity contribution in [3.63, 3.8) is 0 Å². The second-order valence-electron chi connectivity index (χ2n) is 4.15. The van der Waals surface area contributed by atoms with Gasteiger partial charge in [0.15, 0.2) is 5.82 Å². The second kappa shape index (κ2) is 5.46. The van der Waals surface area contributed by atoms with Crippen LogP contribution in [0.4, 0.5) is 0 Å². The van der Waals surface area contributed by atoms with Gasteiger partial charge in [0.05, 0.1) is 6.21 Å². The van der Waals surface area contributed by atoms with Crippen LogP contribution in [0.5, 0.6) is 0 Å². The summed E-state index contributed by atoms with van der Waals surface area (Å²) in [6, 6.07) is 7.43. The Balaban J connectivity index is 2.31. The van der Waals surface area contributed by atoms with E-state index in [-0.39, 0.29) is 5.92 Å². The molecular formula is C12H13ClN4S. The molecule has 0 spiro atoms. The van der Waals surface area contributed by atoms with Crippen molar-refractivity contribution in [3.05, 3.63) is 45.4 Å². The molecular weight excluding hydrogens is 268 g/mol. The van der Waals surface area contributed by atoms with Gasteiger partial charge in [-0.1, -0.05) is 37.6 Å². The van der Waals surface area contributed by atoms with Gasteiger partial charge in [-0.15, -0.1) is 0 Å². The molecule has 0 aliphatic carbocycles. The highest BCUT2D eigenvalue weighted by atomic mass is 35.5. The van der Waals surface area contributed by atoms with Crippen molar-refractivity contribution in [1.82, 2.24) is 14.9 Å². The number of hydrogen-bond acceptors (Lipinski definition) is 3. The number of H-pyrrole nitrogens is 1. The Morgan fingerprint density at radius 2 is 2.06 bits per heavy atom. The van der Waals surface area contributed by atoms with E-state index in [4.69, 9.17) is 23.8 Å². The van der Waals surface area contributed by atoms with E-state index in [0.717, 1.165) is 11.4 Å². The Kier molecular flexibility index (Phi) is 3.93. The summed E-state index contributed by atoms with van der Waals surface area (Å²) >= 11 is 11.0. The fraction of sp³-hybridized carbons (Fsp3) is 0.250. The van der Waals surface area contributed by atoms with Crippen LogP contribution >= 0.6 is 23.8 Å². The molecule has 0 saturated heterocycles. The Morgan fingerprint density at radius 3 is 2.67 bits per heavy atom. The molecule has 2 aromatic rings. The Hall–Kier alpha value is -1.46. The highest BCUT2D eigenvalue weighted by molar-refractivity contribution is 7.71. The lowest BCUT2D eigenvalue weighted by atomic mass is 10.2. The van der Waals surface area contributed by atoms with Gasteiger partial charge < -0.3 is 0 Å². The molecule has 0 radical (unpaired) electrons. The van der Waals surface area contributed by atoms with Gasteiger partial charge in [-0.05, 0) is 29.9 Å². The maximum absolute atomic E-state index is 5.82. The van der Waals surface area contributed by atoms with E-state index in [1.54, 1.807) is 10.9 Å². The molecule has 4 nitrogen and oxygen atoms in total. The SMILES string of the molecule is CC(C)c1n[nH]c(=S)n1/N=C\c1ccc(Cl)cc1. The largest absolute Gasteiger partial charge is 0.250 e. The molecule has 0 saturated carbocycles. The first-order chi connectivity index (χ1) is 8.58. The third-order valence-corrected chi connectivity index (χ3v) is 2.90. The van der Waals surface area contributed by atoms with Gasteiger partial charge in [0.25, 0.3) is 0 Å². The average molecular weight is 281 g/mol. The highest BCUT2D eigenvalue weighted by Gasteiger charge is 2.08. The molecule has 0 aliphatic heterocycles. The molecule has 0 aliphatic rings. The van der Waals surface area contributed by atoms with Crippen molar-refractivity contribution >= 4 is 30.0 Å². The fourth-order valence-electron chi connectivity index (χ4n) is 1.46. The summed E-state index contributed by atoms with van der Waals surface area (Å²) < 4.78 is 2.12. The average Bonchev–Trinajstić information content (AvgIpc) is 2.70. The first-order valence-electron chi connectivity index (χ1n) is 5.55. The number of nitrogens with one attached hydrogen (secondary N) is 1. The van der Waals surface area contributed by atoms with Gasteiger partial charge in [-0.3, -0.25) is 5.10 Å². The predicted octanol–water partition coefficient (Wildman–Crippen LogP) is 3.60. The number of hydrogen-bond donors (Lipinski definition) is 1. The van der Waals surface area contributed by atoms with Crippen LogP contribution < -0.4 is 0 Å². The number of rotatable bonds is 3. The van der Waals surface area contributed by atoms with Crippen LogP contribution in [-0.4, -0.2) is 21.1 Å². The minimum Gasteiger partial charge on any atom is -0.250 e. The molecule has 1 heterocycles. The van der Waals surface area contributed by atoms with Crippen LogP contribution in [-0.2, 0) is 0 Å². The van der Waals surface area contributed by atoms with E-state index in [1.807, 2.05) is 38.1 Å². The fourth-order valence-corrected chi connectivity index (χ4v) is 1.77. The minimum atomic E-state index is 0.250. The zero-order valence-electron chi connectivity index (χ0n) is 10.1. The molecule has 6 heteroatoms. The molecule has 18 heavy (non-hydrogen) atoms. The lowest BCUT2D eigenvalue weighted by Crippen LogP contribution is -2.00. The normalized spacial score (nSPS) is 11.6. The predicted molar refractivity (Wildman–Crippen MR) is 75.9 cm³/mol. The van der Waals surface area contributed by atoms with Crippen molar-refractivity contribution in [1.29, 1.82) is 0 Å². The van der Waals surface area contributed by atoms with Crippen molar-refractivity contribution in [2.45, 2.75) is 19.8 Å². The Labute approximate surface area is 115 Å². The van der Waals surface area contributed by atoms with Crippen molar-refractivity contribution in [2.75, 3.05) is 0 Å². The molecule has 94 valence electrons. The molecule has 0 unspecified atom stereocenters. The van der Waals surface area contributed by atoms with Crippen molar-refractivity contribution in [2.24, 2.45) is 5.10 Å². The zero-order valence-corrected chi connectivity index (χ0v) is 11.7. The molecule has 2 rings (SSSR count). The van der Waals surface area contributed by atoms with Gasteiger partial charge in [0, 0.05) is 10.9 Å². The van der Waals surface area contributed by atoms with Crippen LogP contribution in [0.15, 0.2) is 29.4 Å².